The van der Waals surface area contributed by atoms with Crippen LogP contribution in [0.15, 0.2) is 52.8 Å². The first kappa shape index (κ1) is 18.8. The number of allylic oxidation sites excluding steroid dienone is 2. The summed E-state index contributed by atoms with van der Waals surface area (Å²) in [5.74, 6) is 0.551. The van der Waals surface area contributed by atoms with Gasteiger partial charge < -0.3 is 4.74 Å². The van der Waals surface area contributed by atoms with Crippen molar-refractivity contribution in [3.63, 3.8) is 0 Å². The highest BCUT2D eigenvalue weighted by molar-refractivity contribution is 6.88. The normalized spacial score (nSPS) is 18.0. The highest BCUT2D eigenvalue weighted by atomic mass is 35.5. The number of ether oxygens (including phenoxy) is 1. The highest BCUT2D eigenvalue weighted by Crippen LogP contribution is 2.38. The minimum absolute atomic E-state index is 0.116. The molecular weight excluding hydrogens is 338 g/mol. The van der Waals surface area contributed by atoms with Gasteiger partial charge in [0.1, 0.15) is 5.75 Å². The highest BCUT2D eigenvalue weighted by Gasteiger charge is 2.37. The Morgan fingerprint density at radius 1 is 1.17 bits per heavy atom. The first-order chi connectivity index (χ1) is 11.5. The molecule has 0 N–H and O–H groups in total. The van der Waals surface area contributed by atoms with Crippen molar-refractivity contribution in [3.05, 3.63) is 52.8 Å². The Kier molecular flexibility index (Phi) is 6.30. The molecule has 130 valence electrons. The lowest BCUT2D eigenvalue weighted by Crippen LogP contribution is -2.43. The molecule has 1 aliphatic heterocycles. The predicted octanol–water partition coefficient (Wildman–Crippen LogP) is 5.94. The van der Waals surface area contributed by atoms with E-state index in [-0.39, 0.29) is 12.1 Å². The van der Waals surface area contributed by atoms with Crippen LogP contribution in [0, 0.1) is 0 Å². The van der Waals surface area contributed by atoms with E-state index < -0.39 is 8.07 Å². The van der Waals surface area contributed by atoms with Crippen molar-refractivity contribution >= 4 is 25.8 Å². The van der Waals surface area contributed by atoms with Gasteiger partial charge in [-0.05, 0) is 30.3 Å². The number of nitrogens with zero attached hydrogens (tertiary/aromatic N) is 1. The largest absolute Gasteiger partial charge is 0.419 e. The molecule has 3 nitrogen and oxygen atoms in total. The molecule has 1 atom stereocenters. The van der Waals surface area contributed by atoms with Crippen molar-refractivity contribution < 1.29 is 9.53 Å². The van der Waals surface area contributed by atoms with Gasteiger partial charge in [0, 0.05) is 11.2 Å². The van der Waals surface area contributed by atoms with Crippen LogP contribution >= 0.6 is 11.6 Å². The van der Waals surface area contributed by atoms with E-state index in [1.807, 2.05) is 37.4 Å². The van der Waals surface area contributed by atoms with E-state index in [9.17, 15) is 4.79 Å². The SMILES string of the molecule is CC[Si](CC)(CC)C1=CN(C(=O)Oc2ccccc2)C(C)C=C1Cl. The summed E-state index contributed by atoms with van der Waals surface area (Å²) >= 11 is 6.58. The maximum absolute atomic E-state index is 12.6. The lowest BCUT2D eigenvalue weighted by molar-refractivity contribution is 0.163. The molecule has 0 fully saturated rings. The average Bonchev–Trinajstić information content (AvgIpc) is 2.59. The first-order valence-corrected chi connectivity index (χ1v) is 11.6. The number of carbonyl (C=O) groups excluding carboxylic acids is 1. The van der Waals surface area contributed by atoms with E-state index in [4.69, 9.17) is 16.3 Å². The van der Waals surface area contributed by atoms with Gasteiger partial charge in [0.25, 0.3) is 0 Å². The molecule has 1 aliphatic rings. The minimum atomic E-state index is -1.68. The summed E-state index contributed by atoms with van der Waals surface area (Å²) in [6, 6.07) is 12.4. The molecule has 0 saturated heterocycles. The molecule has 0 bridgehead atoms. The Balaban J connectivity index is 2.31. The molecule has 24 heavy (non-hydrogen) atoms. The number of halogens is 1. The molecule has 1 heterocycles. The van der Waals surface area contributed by atoms with Gasteiger partial charge in [0.2, 0.25) is 0 Å². The van der Waals surface area contributed by atoms with Crippen LogP contribution in [0.5, 0.6) is 5.75 Å². The van der Waals surface area contributed by atoms with Crippen molar-refractivity contribution in [2.45, 2.75) is 51.9 Å². The summed E-state index contributed by atoms with van der Waals surface area (Å²) in [7, 11) is -1.68. The second-order valence-corrected chi connectivity index (χ2v) is 11.9. The summed E-state index contributed by atoms with van der Waals surface area (Å²) in [6.07, 6.45) is 3.55. The topological polar surface area (TPSA) is 29.5 Å². The number of carbonyl (C=O) groups is 1. The smallest absolute Gasteiger partial charge is 0.410 e. The third-order valence-corrected chi connectivity index (χ3v) is 11.2. The van der Waals surface area contributed by atoms with Crippen LogP contribution in [0.2, 0.25) is 18.1 Å². The van der Waals surface area contributed by atoms with E-state index >= 15 is 0 Å². The van der Waals surface area contributed by atoms with Crippen molar-refractivity contribution in [2.24, 2.45) is 0 Å². The molecule has 1 amide bonds. The third-order valence-electron chi connectivity index (χ3n) is 5.11. The number of para-hydroxylation sites is 1. The molecule has 1 aromatic rings. The zero-order valence-corrected chi connectivity index (χ0v) is 16.6. The standard InChI is InChI=1S/C19H26ClNO2Si/c1-5-24(6-2,7-3)18-14-21(15(4)13-17(18)20)19(22)23-16-11-9-8-10-12-16/h8-15H,5-7H2,1-4H3. The molecule has 0 aliphatic carbocycles. The van der Waals surface area contributed by atoms with Crippen molar-refractivity contribution in [1.29, 1.82) is 0 Å². The van der Waals surface area contributed by atoms with Crippen LogP contribution in [-0.4, -0.2) is 25.1 Å². The molecule has 0 spiro atoms. The number of hydrogen-bond donors (Lipinski definition) is 0. The van der Waals surface area contributed by atoms with Gasteiger partial charge in [0.05, 0.1) is 14.1 Å². The van der Waals surface area contributed by atoms with Crippen LogP contribution in [0.3, 0.4) is 0 Å². The second kappa shape index (κ2) is 8.04. The van der Waals surface area contributed by atoms with Gasteiger partial charge in [-0.1, -0.05) is 68.7 Å². The van der Waals surface area contributed by atoms with E-state index in [0.29, 0.717) is 5.75 Å². The Hall–Kier alpha value is -1.52. The zero-order chi connectivity index (χ0) is 17.7. The predicted molar refractivity (Wildman–Crippen MR) is 103 cm³/mol. The summed E-state index contributed by atoms with van der Waals surface area (Å²) in [6.45, 7) is 8.65. The number of hydrogen-bond acceptors (Lipinski definition) is 2. The fourth-order valence-electron chi connectivity index (χ4n) is 3.27. The molecular formula is C19H26ClNO2Si. The van der Waals surface area contributed by atoms with Gasteiger partial charge in [-0.3, -0.25) is 4.90 Å². The third kappa shape index (κ3) is 3.76. The fourth-order valence-corrected chi connectivity index (χ4v) is 7.75. The van der Waals surface area contributed by atoms with Crippen LogP contribution in [0.25, 0.3) is 0 Å². The number of benzene rings is 1. The van der Waals surface area contributed by atoms with Gasteiger partial charge in [-0.25, -0.2) is 4.79 Å². The number of amides is 1. The van der Waals surface area contributed by atoms with Gasteiger partial charge >= 0.3 is 6.09 Å². The Morgan fingerprint density at radius 2 is 1.75 bits per heavy atom. The maximum atomic E-state index is 12.6. The molecule has 1 aromatic carbocycles. The summed E-state index contributed by atoms with van der Waals surface area (Å²) in [4.78, 5) is 14.3. The van der Waals surface area contributed by atoms with E-state index in [0.717, 1.165) is 23.2 Å². The molecule has 2 rings (SSSR count). The summed E-state index contributed by atoms with van der Waals surface area (Å²) in [5, 5.41) is 1.98. The van der Waals surface area contributed by atoms with Crippen LogP contribution < -0.4 is 4.74 Å². The maximum Gasteiger partial charge on any atom is 0.419 e. The van der Waals surface area contributed by atoms with Crippen molar-refractivity contribution in [3.8, 4) is 5.75 Å². The van der Waals surface area contributed by atoms with Gasteiger partial charge in [0.15, 0.2) is 0 Å². The molecule has 0 radical (unpaired) electrons. The van der Waals surface area contributed by atoms with Crippen LogP contribution in [0.4, 0.5) is 4.79 Å². The fraction of sp³-hybridized carbons (Fsp3) is 0.421. The van der Waals surface area contributed by atoms with Crippen molar-refractivity contribution in [1.82, 2.24) is 4.90 Å². The number of rotatable bonds is 5. The minimum Gasteiger partial charge on any atom is -0.410 e. The zero-order valence-electron chi connectivity index (χ0n) is 14.9. The Bertz CT molecular complexity index is 630. The second-order valence-electron chi connectivity index (χ2n) is 6.23. The van der Waals surface area contributed by atoms with Gasteiger partial charge in [-0.2, -0.15) is 0 Å². The van der Waals surface area contributed by atoms with Gasteiger partial charge in [-0.15, -0.1) is 0 Å². The lowest BCUT2D eigenvalue weighted by Gasteiger charge is -2.36. The average molecular weight is 364 g/mol. The molecule has 0 aromatic heterocycles. The van der Waals surface area contributed by atoms with E-state index in [2.05, 4.69) is 20.8 Å². The van der Waals surface area contributed by atoms with Crippen LogP contribution in [0.1, 0.15) is 27.7 Å². The molecule has 5 heteroatoms. The molecule has 1 unspecified atom stereocenters. The Morgan fingerprint density at radius 3 is 2.29 bits per heavy atom. The monoisotopic (exact) mass is 363 g/mol. The lowest BCUT2D eigenvalue weighted by atomic mass is 10.2. The Labute approximate surface area is 151 Å². The summed E-state index contributed by atoms with van der Waals surface area (Å²) in [5.41, 5.74) is 0. The first-order valence-electron chi connectivity index (χ1n) is 8.62. The summed E-state index contributed by atoms with van der Waals surface area (Å²) < 4.78 is 5.51. The van der Waals surface area contributed by atoms with E-state index in [1.54, 1.807) is 17.0 Å². The van der Waals surface area contributed by atoms with Crippen molar-refractivity contribution in [2.75, 3.05) is 0 Å². The van der Waals surface area contributed by atoms with E-state index in [1.165, 1.54) is 5.20 Å². The quantitative estimate of drug-likeness (QED) is 0.605. The molecule has 0 saturated carbocycles. The van der Waals surface area contributed by atoms with Crippen LogP contribution in [-0.2, 0) is 0 Å².